The van der Waals surface area contributed by atoms with Crippen LogP contribution in [0.2, 0.25) is 0 Å². The zero-order valence-electron chi connectivity index (χ0n) is 6.52. The van der Waals surface area contributed by atoms with Gasteiger partial charge in [0.25, 0.3) is 11.8 Å². The Kier molecular flexibility index (Phi) is 1.37. The zero-order chi connectivity index (χ0) is 9.59. The SMILES string of the molecule is NN1C(=O)c2ccc(O)cc2C1=O. The van der Waals surface area contributed by atoms with E-state index in [0.717, 1.165) is 0 Å². The molecule has 0 bridgehead atoms. The Morgan fingerprint density at radius 3 is 2.46 bits per heavy atom. The summed E-state index contributed by atoms with van der Waals surface area (Å²) in [7, 11) is 0. The molecule has 0 saturated heterocycles. The van der Waals surface area contributed by atoms with Gasteiger partial charge in [-0.15, -0.1) is 0 Å². The van der Waals surface area contributed by atoms with Crippen LogP contribution in [0.1, 0.15) is 20.7 Å². The molecule has 5 heteroatoms. The summed E-state index contributed by atoms with van der Waals surface area (Å²) >= 11 is 0. The second-order valence-electron chi connectivity index (χ2n) is 2.71. The number of benzene rings is 1. The van der Waals surface area contributed by atoms with Crippen molar-refractivity contribution in [3.8, 4) is 5.75 Å². The summed E-state index contributed by atoms with van der Waals surface area (Å²) in [4.78, 5) is 22.4. The Bertz CT molecular complexity index is 414. The number of rotatable bonds is 0. The van der Waals surface area contributed by atoms with Crippen LogP contribution in [0, 0.1) is 0 Å². The van der Waals surface area contributed by atoms with Gasteiger partial charge in [-0.05, 0) is 18.2 Å². The molecule has 66 valence electrons. The fourth-order valence-corrected chi connectivity index (χ4v) is 1.25. The molecule has 0 aromatic heterocycles. The molecule has 0 unspecified atom stereocenters. The second kappa shape index (κ2) is 2.30. The molecule has 2 rings (SSSR count). The fourth-order valence-electron chi connectivity index (χ4n) is 1.25. The number of aromatic hydroxyl groups is 1. The molecule has 1 aliphatic rings. The Balaban J connectivity index is 2.67. The number of amides is 2. The van der Waals surface area contributed by atoms with Gasteiger partial charge in [-0.2, -0.15) is 0 Å². The first-order valence-electron chi connectivity index (χ1n) is 3.58. The monoisotopic (exact) mass is 178 g/mol. The number of nitrogens with two attached hydrogens (primary N) is 1. The van der Waals surface area contributed by atoms with Gasteiger partial charge in [-0.3, -0.25) is 9.59 Å². The number of phenolic OH excluding ortho intramolecular Hbond substituents is 1. The zero-order valence-corrected chi connectivity index (χ0v) is 6.52. The number of carbonyl (C=O) groups excluding carboxylic acids is 2. The van der Waals surface area contributed by atoms with Gasteiger partial charge in [-0.1, -0.05) is 0 Å². The number of carbonyl (C=O) groups is 2. The van der Waals surface area contributed by atoms with Crippen molar-refractivity contribution in [3.63, 3.8) is 0 Å². The average molecular weight is 178 g/mol. The van der Waals surface area contributed by atoms with Crippen LogP contribution in [-0.2, 0) is 0 Å². The minimum Gasteiger partial charge on any atom is -0.508 e. The van der Waals surface area contributed by atoms with E-state index >= 15 is 0 Å². The molecule has 1 aromatic rings. The number of fused-ring (bicyclic) bond motifs is 1. The molecule has 1 heterocycles. The van der Waals surface area contributed by atoms with Gasteiger partial charge in [0.05, 0.1) is 11.1 Å². The summed E-state index contributed by atoms with van der Waals surface area (Å²) in [5.41, 5.74) is 0.373. The number of phenols is 1. The van der Waals surface area contributed by atoms with Crippen LogP contribution >= 0.6 is 0 Å². The molecule has 0 radical (unpaired) electrons. The normalized spacial score (nSPS) is 15.0. The standard InChI is InChI=1S/C8H6N2O3/c9-10-7(12)5-2-1-4(11)3-6(5)8(10)13/h1-3,11H,9H2. The summed E-state index contributed by atoms with van der Waals surface area (Å²) in [5.74, 6) is 3.99. The van der Waals surface area contributed by atoms with E-state index < -0.39 is 11.8 Å². The molecule has 1 aliphatic heterocycles. The Hall–Kier alpha value is -1.88. The van der Waals surface area contributed by atoms with Crippen molar-refractivity contribution in [2.24, 2.45) is 5.84 Å². The summed E-state index contributed by atoms with van der Waals surface area (Å²) in [6.07, 6.45) is 0. The second-order valence-corrected chi connectivity index (χ2v) is 2.71. The molecule has 1 aromatic carbocycles. The van der Waals surface area contributed by atoms with Gasteiger partial charge in [0.2, 0.25) is 0 Å². The first-order valence-corrected chi connectivity index (χ1v) is 3.58. The van der Waals surface area contributed by atoms with E-state index in [2.05, 4.69) is 0 Å². The first-order chi connectivity index (χ1) is 6.11. The van der Waals surface area contributed by atoms with Crippen LogP contribution in [0.5, 0.6) is 5.75 Å². The van der Waals surface area contributed by atoms with E-state index in [1.165, 1.54) is 18.2 Å². The molecule has 2 amide bonds. The first kappa shape index (κ1) is 7.75. The Labute approximate surface area is 73.3 Å². The van der Waals surface area contributed by atoms with E-state index in [9.17, 15) is 9.59 Å². The molecule has 0 aliphatic carbocycles. The molecular weight excluding hydrogens is 172 g/mol. The van der Waals surface area contributed by atoms with E-state index in [-0.39, 0.29) is 16.9 Å². The minimum atomic E-state index is -0.587. The summed E-state index contributed by atoms with van der Waals surface area (Å²) in [6.45, 7) is 0. The quantitative estimate of drug-likeness (QED) is 0.329. The molecule has 0 fully saturated rings. The van der Waals surface area contributed by atoms with Crippen LogP contribution in [0.15, 0.2) is 18.2 Å². The number of hydrazine groups is 1. The number of imide groups is 1. The van der Waals surface area contributed by atoms with Gasteiger partial charge in [0, 0.05) is 0 Å². The maximum absolute atomic E-state index is 11.2. The predicted octanol–water partition coefficient (Wildman–Crippen LogP) is -0.138. The van der Waals surface area contributed by atoms with Crippen molar-refractivity contribution in [2.45, 2.75) is 0 Å². The highest BCUT2D eigenvalue weighted by atomic mass is 16.3. The van der Waals surface area contributed by atoms with Crippen LogP contribution in [-0.4, -0.2) is 21.9 Å². The van der Waals surface area contributed by atoms with Crippen molar-refractivity contribution in [2.75, 3.05) is 0 Å². The number of nitrogens with zero attached hydrogens (tertiary/aromatic N) is 1. The third-order valence-corrected chi connectivity index (χ3v) is 1.90. The summed E-state index contributed by atoms with van der Waals surface area (Å²) in [5, 5.41) is 9.60. The highest BCUT2D eigenvalue weighted by Gasteiger charge is 2.33. The van der Waals surface area contributed by atoms with Crippen LogP contribution < -0.4 is 5.84 Å². The third-order valence-electron chi connectivity index (χ3n) is 1.90. The van der Waals surface area contributed by atoms with Crippen molar-refractivity contribution < 1.29 is 14.7 Å². The predicted molar refractivity (Wildman–Crippen MR) is 42.8 cm³/mol. The van der Waals surface area contributed by atoms with Gasteiger partial charge in [-0.25, -0.2) is 10.9 Å². The van der Waals surface area contributed by atoms with Gasteiger partial charge in [0.15, 0.2) is 0 Å². The largest absolute Gasteiger partial charge is 0.508 e. The van der Waals surface area contributed by atoms with Crippen LogP contribution in [0.4, 0.5) is 0 Å². The summed E-state index contributed by atoms with van der Waals surface area (Å²) < 4.78 is 0. The van der Waals surface area contributed by atoms with Crippen molar-refractivity contribution >= 4 is 11.8 Å². The van der Waals surface area contributed by atoms with Crippen molar-refractivity contribution in [3.05, 3.63) is 29.3 Å². The number of hydrogen-bond acceptors (Lipinski definition) is 4. The van der Waals surface area contributed by atoms with Gasteiger partial charge >= 0.3 is 0 Å². The van der Waals surface area contributed by atoms with Crippen molar-refractivity contribution in [1.82, 2.24) is 5.01 Å². The number of hydrogen-bond donors (Lipinski definition) is 2. The van der Waals surface area contributed by atoms with Gasteiger partial charge < -0.3 is 5.11 Å². The lowest BCUT2D eigenvalue weighted by molar-refractivity contribution is 0.0653. The van der Waals surface area contributed by atoms with E-state index in [1.54, 1.807) is 0 Å². The van der Waals surface area contributed by atoms with E-state index in [0.29, 0.717) is 5.01 Å². The maximum atomic E-state index is 11.2. The smallest absolute Gasteiger partial charge is 0.276 e. The lowest BCUT2D eigenvalue weighted by Crippen LogP contribution is -2.36. The molecule has 0 spiro atoms. The highest BCUT2D eigenvalue weighted by Crippen LogP contribution is 2.23. The molecular formula is C8H6N2O3. The molecule has 13 heavy (non-hydrogen) atoms. The van der Waals surface area contributed by atoms with Crippen molar-refractivity contribution in [1.29, 1.82) is 0 Å². The maximum Gasteiger partial charge on any atom is 0.276 e. The topological polar surface area (TPSA) is 83.6 Å². The Morgan fingerprint density at radius 1 is 1.15 bits per heavy atom. The third kappa shape index (κ3) is 0.907. The molecule has 3 N–H and O–H groups in total. The van der Waals surface area contributed by atoms with Gasteiger partial charge in [0.1, 0.15) is 5.75 Å². The fraction of sp³-hybridized carbons (Fsp3) is 0. The van der Waals surface area contributed by atoms with E-state index in [1.807, 2.05) is 0 Å². The summed E-state index contributed by atoms with van der Waals surface area (Å²) in [6, 6.07) is 3.93. The molecule has 0 saturated carbocycles. The lowest BCUT2D eigenvalue weighted by Gasteiger charge is -2.01. The Morgan fingerprint density at radius 2 is 1.77 bits per heavy atom. The highest BCUT2D eigenvalue weighted by molar-refractivity contribution is 6.21. The average Bonchev–Trinajstić information content (AvgIpc) is 2.32. The minimum absolute atomic E-state index is 0.0600. The van der Waals surface area contributed by atoms with E-state index in [4.69, 9.17) is 10.9 Å². The molecule has 5 nitrogen and oxygen atoms in total. The van der Waals surface area contributed by atoms with Crippen LogP contribution in [0.25, 0.3) is 0 Å². The molecule has 0 atom stereocenters. The lowest BCUT2D eigenvalue weighted by atomic mass is 10.1. The van der Waals surface area contributed by atoms with Crippen LogP contribution in [0.3, 0.4) is 0 Å².